The average molecular weight is 312 g/mol. The van der Waals surface area contributed by atoms with E-state index in [0.29, 0.717) is 18.5 Å². The molecule has 0 unspecified atom stereocenters. The molecule has 2 rings (SSSR count). The second-order valence-electron chi connectivity index (χ2n) is 4.78. The molecule has 118 valence electrons. The van der Waals surface area contributed by atoms with E-state index in [1.165, 1.54) is 12.1 Å². The molecule has 5 heteroatoms. The Labute approximate surface area is 134 Å². The van der Waals surface area contributed by atoms with Gasteiger partial charge in [0.15, 0.2) is 0 Å². The lowest BCUT2D eigenvalue weighted by Gasteiger charge is -2.05. The number of anilines is 1. The molecule has 0 spiro atoms. The Balaban J connectivity index is 1.68. The highest BCUT2D eigenvalue weighted by molar-refractivity contribution is 5.67. The van der Waals surface area contributed by atoms with E-state index in [4.69, 9.17) is 10.5 Å². The number of amides is 1. The van der Waals surface area contributed by atoms with E-state index in [1.807, 2.05) is 30.3 Å². The minimum atomic E-state index is -0.485. The summed E-state index contributed by atoms with van der Waals surface area (Å²) >= 11 is 0. The molecule has 2 aromatic rings. The molecule has 0 atom stereocenters. The van der Waals surface area contributed by atoms with Crippen molar-refractivity contribution in [2.45, 2.75) is 13.0 Å². The van der Waals surface area contributed by atoms with E-state index >= 15 is 0 Å². The standard InChI is InChI=1S/C18H17FN2O2/c19-16-10-9-14(12-17(16)20)6-4-5-11-21-18(22)23-13-15-7-2-1-3-8-15/h1-3,7-10,12H,5,11,13,20H2,(H,21,22). The summed E-state index contributed by atoms with van der Waals surface area (Å²) in [5.74, 6) is 5.27. The molecule has 0 bridgehead atoms. The Hall–Kier alpha value is -3.00. The second-order valence-corrected chi connectivity index (χ2v) is 4.78. The van der Waals surface area contributed by atoms with Crippen molar-refractivity contribution in [3.8, 4) is 11.8 Å². The molecule has 2 aromatic carbocycles. The summed E-state index contributed by atoms with van der Waals surface area (Å²) in [7, 11) is 0. The fourth-order valence-corrected chi connectivity index (χ4v) is 1.79. The number of hydrogen-bond acceptors (Lipinski definition) is 3. The topological polar surface area (TPSA) is 64.3 Å². The van der Waals surface area contributed by atoms with Gasteiger partial charge in [0.2, 0.25) is 0 Å². The van der Waals surface area contributed by atoms with Gasteiger partial charge in [0.05, 0.1) is 5.69 Å². The maximum absolute atomic E-state index is 13.0. The Kier molecular flexibility index (Phi) is 6.01. The largest absolute Gasteiger partial charge is 0.445 e. The molecule has 0 aromatic heterocycles. The second kappa shape index (κ2) is 8.44. The van der Waals surface area contributed by atoms with Crippen molar-refractivity contribution < 1.29 is 13.9 Å². The molecule has 0 aliphatic carbocycles. The lowest BCUT2D eigenvalue weighted by atomic mass is 10.2. The first-order chi connectivity index (χ1) is 11.1. The maximum atomic E-state index is 13.0. The van der Waals surface area contributed by atoms with Crippen molar-refractivity contribution in [1.29, 1.82) is 0 Å². The Morgan fingerprint density at radius 1 is 1.22 bits per heavy atom. The van der Waals surface area contributed by atoms with Gasteiger partial charge in [-0.25, -0.2) is 9.18 Å². The number of carbonyl (C=O) groups excluding carboxylic acids is 1. The van der Waals surface area contributed by atoms with Gasteiger partial charge in [0.1, 0.15) is 12.4 Å². The molecule has 0 saturated heterocycles. The molecule has 0 fully saturated rings. The van der Waals surface area contributed by atoms with E-state index in [-0.39, 0.29) is 12.3 Å². The zero-order valence-electron chi connectivity index (χ0n) is 12.5. The number of nitrogen functional groups attached to an aromatic ring is 1. The van der Waals surface area contributed by atoms with Crippen LogP contribution in [-0.2, 0) is 11.3 Å². The van der Waals surface area contributed by atoms with Gasteiger partial charge in [-0.1, -0.05) is 42.2 Å². The monoisotopic (exact) mass is 312 g/mol. The Bertz CT molecular complexity index is 721. The lowest BCUT2D eigenvalue weighted by molar-refractivity contribution is 0.140. The van der Waals surface area contributed by atoms with Gasteiger partial charge in [-0.2, -0.15) is 0 Å². The summed E-state index contributed by atoms with van der Waals surface area (Å²) in [5.41, 5.74) is 7.09. The summed E-state index contributed by atoms with van der Waals surface area (Å²) in [4.78, 5) is 11.5. The molecule has 1 amide bonds. The van der Waals surface area contributed by atoms with E-state index in [1.54, 1.807) is 6.07 Å². The fourth-order valence-electron chi connectivity index (χ4n) is 1.79. The van der Waals surface area contributed by atoms with Gasteiger partial charge in [0, 0.05) is 18.5 Å². The summed E-state index contributed by atoms with van der Waals surface area (Å²) in [6.07, 6.45) is -0.0285. The quantitative estimate of drug-likeness (QED) is 0.518. The average Bonchev–Trinajstić information content (AvgIpc) is 2.57. The molecule has 23 heavy (non-hydrogen) atoms. The predicted octanol–water partition coefficient (Wildman–Crippen LogP) is 3.08. The van der Waals surface area contributed by atoms with Crippen LogP contribution in [0.3, 0.4) is 0 Å². The van der Waals surface area contributed by atoms with Gasteiger partial charge in [-0.3, -0.25) is 0 Å². The highest BCUT2D eigenvalue weighted by atomic mass is 19.1. The summed E-state index contributed by atoms with van der Waals surface area (Å²) < 4.78 is 18.1. The number of rotatable bonds is 4. The van der Waals surface area contributed by atoms with Crippen molar-refractivity contribution in [2.75, 3.05) is 12.3 Å². The van der Waals surface area contributed by atoms with Crippen LogP contribution >= 0.6 is 0 Å². The van der Waals surface area contributed by atoms with Crippen molar-refractivity contribution in [3.63, 3.8) is 0 Å². The SMILES string of the molecule is Nc1cc(C#CCCNC(=O)OCc2ccccc2)ccc1F. The van der Waals surface area contributed by atoms with Gasteiger partial charge >= 0.3 is 6.09 Å². The third kappa shape index (κ3) is 5.71. The number of carbonyl (C=O) groups is 1. The van der Waals surface area contributed by atoms with E-state index in [0.717, 1.165) is 5.56 Å². The van der Waals surface area contributed by atoms with Crippen LogP contribution in [0.5, 0.6) is 0 Å². The molecular weight excluding hydrogens is 295 g/mol. The van der Waals surface area contributed by atoms with Crippen LogP contribution in [0.15, 0.2) is 48.5 Å². The third-order valence-corrected chi connectivity index (χ3v) is 2.96. The van der Waals surface area contributed by atoms with Gasteiger partial charge < -0.3 is 15.8 Å². The van der Waals surface area contributed by atoms with Crippen LogP contribution in [0.25, 0.3) is 0 Å². The predicted molar refractivity (Wildman–Crippen MR) is 86.9 cm³/mol. The number of hydrogen-bond donors (Lipinski definition) is 2. The zero-order valence-corrected chi connectivity index (χ0v) is 12.5. The molecular formula is C18H17FN2O2. The highest BCUT2D eigenvalue weighted by Gasteiger charge is 2.01. The first-order valence-corrected chi connectivity index (χ1v) is 7.13. The molecule has 0 heterocycles. The molecule has 4 nitrogen and oxygen atoms in total. The number of alkyl carbamates (subject to hydrolysis) is 1. The van der Waals surface area contributed by atoms with E-state index in [9.17, 15) is 9.18 Å². The zero-order chi connectivity index (χ0) is 16.5. The molecule has 3 N–H and O–H groups in total. The van der Waals surface area contributed by atoms with Crippen LogP contribution in [0.2, 0.25) is 0 Å². The first kappa shape index (κ1) is 16.4. The van der Waals surface area contributed by atoms with Crippen molar-refractivity contribution in [3.05, 3.63) is 65.5 Å². The van der Waals surface area contributed by atoms with Gasteiger partial charge in [0.25, 0.3) is 0 Å². The van der Waals surface area contributed by atoms with Crippen LogP contribution in [0.4, 0.5) is 14.9 Å². The first-order valence-electron chi connectivity index (χ1n) is 7.13. The number of nitrogens with two attached hydrogens (primary N) is 1. The number of ether oxygens (including phenoxy) is 1. The van der Waals surface area contributed by atoms with Crippen molar-refractivity contribution in [1.82, 2.24) is 5.32 Å². The van der Waals surface area contributed by atoms with Crippen LogP contribution in [0, 0.1) is 17.7 Å². The summed E-state index contributed by atoms with van der Waals surface area (Å²) in [5, 5.41) is 2.61. The Morgan fingerprint density at radius 2 is 2.00 bits per heavy atom. The summed E-state index contributed by atoms with van der Waals surface area (Å²) in [6, 6.07) is 13.7. The third-order valence-electron chi connectivity index (χ3n) is 2.96. The van der Waals surface area contributed by atoms with Crippen LogP contribution in [-0.4, -0.2) is 12.6 Å². The van der Waals surface area contributed by atoms with Crippen LogP contribution < -0.4 is 11.1 Å². The molecule has 0 aliphatic rings. The minimum Gasteiger partial charge on any atom is -0.445 e. The van der Waals surface area contributed by atoms with E-state index in [2.05, 4.69) is 17.2 Å². The number of nitrogens with one attached hydrogen (secondary N) is 1. The fraction of sp³-hybridized carbons (Fsp3) is 0.167. The molecule has 0 aliphatic heterocycles. The molecule has 0 saturated carbocycles. The highest BCUT2D eigenvalue weighted by Crippen LogP contribution is 2.11. The maximum Gasteiger partial charge on any atom is 0.407 e. The van der Waals surface area contributed by atoms with Gasteiger partial charge in [-0.15, -0.1) is 0 Å². The smallest absolute Gasteiger partial charge is 0.407 e. The lowest BCUT2D eigenvalue weighted by Crippen LogP contribution is -2.24. The number of benzene rings is 2. The summed E-state index contributed by atoms with van der Waals surface area (Å²) in [6.45, 7) is 0.602. The van der Waals surface area contributed by atoms with Crippen molar-refractivity contribution >= 4 is 11.8 Å². The van der Waals surface area contributed by atoms with Crippen LogP contribution in [0.1, 0.15) is 17.5 Å². The van der Waals surface area contributed by atoms with E-state index < -0.39 is 11.9 Å². The normalized spacial score (nSPS) is 9.61. The number of halogens is 1. The minimum absolute atomic E-state index is 0.0689. The Morgan fingerprint density at radius 3 is 2.74 bits per heavy atom. The molecule has 0 radical (unpaired) electrons. The van der Waals surface area contributed by atoms with Crippen molar-refractivity contribution in [2.24, 2.45) is 0 Å². The van der Waals surface area contributed by atoms with Gasteiger partial charge in [-0.05, 0) is 23.8 Å².